The molecule has 2 N–H and O–H groups in total. The van der Waals surface area contributed by atoms with Gasteiger partial charge < -0.3 is 5.73 Å². The molecule has 0 heterocycles. The third kappa shape index (κ3) is 2.96. The summed E-state index contributed by atoms with van der Waals surface area (Å²) in [5, 5.41) is 0.536. The lowest BCUT2D eigenvalue weighted by molar-refractivity contribution is 0.548. The normalized spacial score (nSPS) is 12.9. The van der Waals surface area contributed by atoms with Crippen LogP contribution in [0.3, 0.4) is 0 Å². The Bertz CT molecular complexity index is 301. The molecule has 0 fully saturated rings. The fourth-order valence-corrected chi connectivity index (χ4v) is 1.56. The Labute approximate surface area is 89.1 Å². The van der Waals surface area contributed by atoms with E-state index in [-0.39, 0.29) is 11.9 Å². The number of benzene rings is 1. The van der Waals surface area contributed by atoms with Crippen molar-refractivity contribution in [3.63, 3.8) is 0 Å². The van der Waals surface area contributed by atoms with Crippen LogP contribution in [0, 0.1) is 5.82 Å². The first-order chi connectivity index (χ1) is 6.65. The molecular weight excluding hydrogens is 201 g/mol. The maximum absolute atomic E-state index is 13.3. The molecule has 0 aliphatic heterocycles. The Morgan fingerprint density at radius 2 is 2.21 bits per heavy atom. The van der Waals surface area contributed by atoms with Gasteiger partial charge in [0.15, 0.2) is 0 Å². The summed E-state index contributed by atoms with van der Waals surface area (Å²) >= 11 is 5.77. The van der Waals surface area contributed by atoms with E-state index in [2.05, 4.69) is 6.92 Å². The minimum atomic E-state index is -0.266. The molecule has 1 nitrogen and oxygen atoms in total. The third-order valence-electron chi connectivity index (χ3n) is 2.23. The molecule has 1 aromatic carbocycles. The monoisotopic (exact) mass is 215 g/mol. The van der Waals surface area contributed by atoms with Gasteiger partial charge in [0.25, 0.3) is 0 Å². The average Bonchev–Trinajstić information content (AvgIpc) is 2.18. The quantitative estimate of drug-likeness (QED) is 0.815. The lowest BCUT2D eigenvalue weighted by atomic mass is 10.0. The first kappa shape index (κ1) is 11.5. The smallest absolute Gasteiger partial charge is 0.128 e. The van der Waals surface area contributed by atoms with E-state index < -0.39 is 0 Å². The molecule has 0 aliphatic rings. The van der Waals surface area contributed by atoms with Crippen LogP contribution in [0.4, 0.5) is 4.39 Å². The van der Waals surface area contributed by atoms with Crippen LogP contribution in [0.1, 0.15) is 37.8 Å². The zero-order chi connectivity index (χ0) is 10.6. The molecule has 14 heavy (non-hydrogen) atoms. The van der Waals surface area contributed by atoms with E-state index in [9.17, 15) is 4.39 Å². The molecule has 1 atom stereocenters. The summed E-state index contributed by atoms with van der Waals surface area (Å²) in [6.45, 7) is 2.08. The average molecular weight is 216 g/mol. The van der Waals surface area contributed by atoms with Gasteiger partial charge in [0, 0.05) is 16.6 Å². The van der Waals surface area contributed by atoms with Crippen LogP contribution in [0.15, 0.2) is 18.2 Å². The van der Waals surface area contributed by atoms with Crippen LogP contribution in [-0.2, 0) is 0 Å². The van der Waals surface area contributed by atoms with Gasteiger partial charge in [0.1, 0.15) is 5.82 Å². The summed E-state index contributed by atoms with van der Waals surface area (Å²) in [6.07, 6.45) is 2.87. The fraction of sp³-hybridized carbons (Fsp3) is 0.455. The standard InChI is InChI=1S/C11H15ClFN/c1-2-3-4-11(14)9-7-8(12)5-6-10(9)13/h5-7,11H,2-4,14H2,1H3/t11-/m0/s1. The summed E-state index contributed by atoms with van der Waals surface area (Å²) in [5.41, 5.74) is 6.37. The molecule has 0 radical (unpaired) electrons. The number of unbranched alkanes of at least 4 members (excludes halogenated alkanes) is 1. The minimum absolute atomic E-state index is 0.242. The Morgan fingerprint density at radius 1 is 1.50 bits per heavy atom. The molecule has 0 aliphatic carbocycles. The van der Waals surface area contributed by atoms with E-state index in [1.54, 1.807) is 6.07 Å². The highest BCUT2D eigenvalue weighted by Gasteiger charge is 2.10. The molecular formula is C11H15ClFN. The largest absolute Gasteiger partial charge is 0.324 e. The highest BCUT2D eigenvalue weighted by Crippen LogP contribution is 2.23. The van der Waals surface area contributed by atoms with Crippen molar-refractivity contribution >= 4 is 11.6 Å². The predicted molar refractivity (Wildman–Crippen MR) is 57.9 cm³/mol. The maximum atomic E-state index is 13.3. The van der Waals surface area contributed by atoms with Crippen molar-refractivity contribution in [2.45, 2.75) is 32.2 Å². The van der Waals surface area contributed by atoms with Gasteiger partial charge in [-0.3, -0.25) is 0 Å². The lowest BCUT2D eigenvalue weighted by Crippen LogP contribution is -2.11. The molecule has 1 rings (SSSR count). The van der Waals surface area contributed by atoms with Crippen LogP contribution in [0.5, 0.6) is 0 Å². The number of halogens is 2. The maximum Gasteiger partial charge on any atom is 0.128 e. The number of hydrogen-bond acceptors (Lipinski definition) is 1. The summed E-state index contributed by atoms with van der Waals surface area (Å²) in [6, 6.07) is 4.27. The van der Waals surface area contributed by atoms with Crippen molar-refractivity contribution in [3.05, 3.63) is 34.6 Å². The molecule has 0 saturated carbocycles. The van der Waals surface area contributed by atoms with Gasteiger partial charge in [-0.05, 0) is 24.6 Å². The Morgan fingerprint density at radius 3 is 2.86 bits per heavy atom. The van der Waals surface area contributed by atoms with Gasteiger partial charge >= 0.3 is 0 Å². The van der Waals surface area contributed by atoms with Gasteiger partial charge in [0.2, 0.25) is 0 Å². The molecule has 0 amide bonds. The van der Waals surface area contributed by atoms with Crippen molar-refractivity contribution in [1.29, 1.82) is 0 Å². The third-order valence-corrected chi connectivity index (χ3v) is 2.46. The molecule has 3 heteroatoms. The van der Waals surface area contributed by atoms with Crippen molar-refractivity contribution in [2.75, 3.05) is 0 Å². The highest BCUT2D eigenvalue weighted by molar-refractivity contribution is 6.30. The van der Waals surface area contributed by atoms with Crippen LogP contribution >= 0.6 is 11.6 Å². The minimum Gasteiger partial charge on any atom is -0.324 e. The second-order valence-electron chi connectivity index (χ2n) is 3.41. The Kier molecular flexibility index (Phi) is 4.36. The molecule has 0 spiro atoms. The molecule has 0 bridgehead atoms. The first-order valence-electron chi connectivity index (χ1n) is 4.85. The predicted octanol–water partition coefficient (Wildman–Crippen LogP) is 3.67. The molecule has 0 aromatic heterocycles. The van der Waals surface area contributed by atoms with E-state index in [0.717, 1.165) is 19.3 Å². The summed E-state index contributed by atoms with van der Waals surface area (Å²) in [5.74, 6) is -0.266. The van der Waals surface area contributed by atoms with Gasteiger partial charge in [-0.1, -0.05) is 31.4 Å². The van der Waals surface area contributed by atoms with Crippen LogP contribution < -0.4 is 5.73 Å². The van der Waals surface area contributed by atoms with Crippen LogP contribution in [0.25, 0.3) is 0 Å². The van der Waals surface area contributed by atoms with E-state index >= 15 is 0 Å². The van der Waals surface area contributed by atoms with E-state index in [4.69, 9.17) is 17.3 Å². The molecule has 1 aromatic rings. The van der Waals surface area contributed by atoms with Crippen LogP contribution in [-0.4, -0.2) is 0 Å². The fourth-order valence-electron chi connectivity index (χ4n) is 1.38. The van der Waals surface area contributed by atoms with Gasteiger partial charge in [0.05, 0.1) is 0 Å². The van der Waals surface area contributed by atoms with Gasteiger partial charge in [-0.25, -0.2) is 4.39 Å². The van der Waals surface area contributed by atoms with Crippen molar-refractivity contribution in [1.82, 2.24) is 0 Å². The van der Waals surface area contributed by atoms with E-state index in [0.29, 0.717) is 10.6 Å². The van der Waals surface area contributed by atoms with Crippen molar-refractivity contribution in [2.24, 2.45) is 5.73 Å². The number of rotatable bonds is 4. The Hall–Kier alpha value is -0.600. The highest BCUT2D eigenvalue weighted by atomic mass is 35.5. The van der Waals surface area contributed by atoms with Crippen molar-refractivity contribution in [3.8, 4) is 0 Å². The van der Waals surface area contributed by atoms with Gasteiger partial charge in [-0.2, -0.15) is 0 Å². The number of hydrogen-bond donors (Lipinski definition) is 1. The second-order valence-corrected chi connectivity index (χ2v) is 3.85. The first-order valence-corrected chi connectivity index (χ1v) is 5.23. The van der Waals surface area contributed by atoms with Crippen LogP contribution in [0.2, 0.25) is 5.02 Å². The Balaban J connectivity index is 2.77. The summed E-state index contributed by atoms with van der Waals surface area (Å²) < 4.78 is 13.3. The van der Waals surface area contributed by atoms with E-state index in [1.165, 1.54) is 12.1 Å². The summed E-state index contributed by atoms with van der Waals surface area (Å²) in [4.78, 5) is 0. The second kappa shape index (κ2) is 5.32. The summed E-state index contributed by atoms with van der Waals surface area (Å²) in [7, 11) is 0. The topological polar surface area (TPSA) is 26.0 Å². The SMILES string of the molecule is CCCC[C@H](N)c1cc(Cl)ccc1F. The lowest BCUT2D eigenvalue weighted by Gasteiger charge is -2.12. The van der Waals surface area contributed by atoms with Crippen molar-refractivity contribution < 1.29 is 4.39 Å². The molecule has 0 saturated heterocycles. The zero-order valence-corrected chi connectivity index (χ0v) is 9.02. The zero-order valence-electron chi connectivity index (χ0n) is 8.26. The van der Waals surface area contributed by atoms with E-state index in [1.807, 2.05) is 0 Å². The molecule has 78 valence electrons. The number of nitrogens with two attached hydrogens (primary N) is 1. The molecule has 0 unspecified atom stereocenters. The van der Waals surface area contributed by atoms with Gasteiger partial charge in [-0.15, -0.1) is 0 Å².